The fraction of sp³-hybridized carbons (Fsp3) is 0.368. The minimum atomic E-state index is -4.45. The summed E-state index contributed by atoms with van der Waals surface area (Å²) in [6, 6.07) is 3.49. The Balaban J connectivity index is 2.08. The molecule has 1 unspecified atom stereocenters. The van der Waals surface area contributed by atoms with Crippen LogP contribution in [0.3, 0.4) is 0 Å². The predicted octanol–water partition coefficient (Wildman–Crippen LogP) is 3.92. The molecule has 30 heavy (non-hydrogen) atoms. The van der Waals surface area contributed by atoms with Crippen molar-refractivity contribution in [3.63, 3.8) is 0 Å². The average Bonchev–Trinajstić information content (AvgIpc) is 3.02. The first-order valence-electron chi connectivity index (χ1n) is 8.86. The van der Waals surface area contributed by atoms with Crippen molar-refractivity contribution < 1.29 is 32.3 Å². The number of hydrogen-bond donors (Lipinski definition) is 2. The number of nitrogens with one attached hydrogen (secondary N) is 2. The minimum Gasteiger partial charge on any atom is -0.448 e. The molecule has 2 N–H and O–H groups in total. The molecule has 0 spiro atoms. The lowest BCUT2D eigenvalue weighted by atomic mass is 10.1. The molecule has 1 atom stereocenters. The molecule has 162 valence electrons. The first-order chi connectivity index (χ1) is 13.9. The van der Waals surface area contributed by atoms with Crippen LogP contribution in [0.25, 0.3) is 10.6 Å². The van der Waals surface area contributed by atoms with E-state index in [1.165, 1.54) is 19.1 Å². The normalized spacial score (nSPS) is 12.4. The lowest BCUT2D eigenvalue weighted by Gasteiger charge is -2.14. The van der Waals surface area contributed by atoms with Gasteiger partial charge in [0.1, 0.15) is 9.88 Å². The van der Waals surface area contributed by atoms with Gasteiger partial charge in [-0.1, -0.05) is 12.1 Å². The number of carbonyl (C=O) groups excluding carboxylic acids is 3. The van der Waals surface area contributed by atoms with Crippen molar-refractivity contribution in [1.29, 1.82) is 0 Å². The van der Waals surface area contributed by atoms with Gasteiger partial charge < -0.3 is 10.1 Å². The zero-order valence-corrected chi connectivity index (χ0v) is 17.4. The molecular weight excluding hydrogens is 423 g/mol. The number of amides is 3. The van der Waals surface area contributed by atoms with E-state index in [9.17, 15) is 27.6 Å². The van der Waals surface area contributed by atoms with Crippen LogP contribution < -0.4 is 10.6 Å². The second-order valence-corrected chi connectivity index (χ2v) is 7.67. The lowest BCUT2D eigenvalue weighted by Crippen LogP contribution is -2.46. The highest BCUT2D eigenvalue weighted by atomic mass is 32.1. The van der Waals surface area contributed by atoms with Crippen LogP contribution in [0.15, 0.2) is 24.3 Å². The van der Waals surface area contributed by atoms with E-state index in [0.717, 1.165) is 23.5 Å². The monoisotopic (exact) mass is 443 g/mol. The summed E-state index contributed by atoms with van der Waals surface area (Å²) < 4.78 is 43.2. The Morgan fingerprint density at radius 2 is 1.70 bits per heavy atom. The number of rotatable bonds is 5. The zero-order valence-electron chi connectivity index (χ0n) is 16.6. The molecule has 0 aliphatic rings. The van der Waals surface area contributed by atoms with Gasteiger partial charge in [-0.2, -0.15) is 13.2 Å². The molecule has 0 fully saturated rings. The van der Waals surface area contributed by atoms with Crippen LogP contribution >= 0.6 is 11.3 Å². The average molecular weight is 443 g/mol. The predicted molar refractivity (Wildman–Crippen MR) is 104 cm³/mol. The van der Waals surface area contributed by atoms with Crippen molar-refractivity contribution in [3.05, 3.63) is 40.4 Å². The molecule has 2 rings (SSSR count). The van der Waals surface area contributed by atoms with Crippen molar-refractivity contribution in [1.82, 2.24) is 15.6 Å². The number of aromatic nitrogens is 1. The number of ether oxygens (including phenoxy) is 1. The van der Waals surface area contributed by atoms with E-state index >= 15 is 0 Å². The number of alkyl halides is 3. The van der Waals surface area contributed by atoms with E-state index in [1.807, 2.05) is 0 Å². The highest BCUT2D eigenvalue weighted by Gasteiger charge is 2.30. The molecule has 7 nitrogen and oxygen atoms in total. The van der Waals surface area contributed by atoms with E-state index in [0.29, 0.717) is 16.3 Å². The van der Waals surface area contributed by atoms with E-state index in [-0.39, 0.29) is 10.9 Å². The molecule has 3 amide bonds. The van der Waals surface area contributed by atoms with Crippen molar-refractivity contribution in [2.24, 2.45) is 0 Å². The second kappa shape index (κ2) is 9.24. The van der Waals surface area contributed by atoms with Crippen LogP contribution in [0.4, 0.5) is 18.0 Å². The number of thiazole rings is 1. The molecule has 0 radical (unpaired) electrons. The topological polar surface area (TPSA) is 97.4 Å². The number of benzene rings is 1. The number of nitrogens with zero attached hydrogens (tertiary/aromatic N) is 1. The molecular formula is C19H20F3N3O4S. The van der Waals surface area contributed by atoms with Gasteiger partial charge in [-0.25, -0.2) is 14.6 Å². The number of esters is 1. The largest absolute Gasteiger partial charge is 0.448 e. The van der Waals surface area contributed by atoms with Crippen molar-refractivity contribution in [2.45, 2.75) is 46.0 Å². The first-order valence-corrected chi connectivity index (χ1v) is 9.67. The number of carbonyl (C=O) groups is 3. The van der Waals surface area contributed by atoms with Crippen molar-refractivity contribution in [2.75, 3.05) is 0 Å². The molecule has 0 saturated carbocycles. The molecule has 1 aromatic heterocycles. The van der Waals surface area contributed by atoms with Gasteiger partial charge in [-0.3, -0.25) is 10.1 Å². The standard InChI is InChI=1S/C19H20F3N3O4S/c1-9(2)23-18(28)25-15(26)11(4)29-17(27)14-10(3)24-16(30-14)12-5-7-13(8-6-12)19(20,21)22/h5-9,11H,1-4H3,(H2,23,25,26,28). The molecule has 2 aromatic rings. The SMILES string of the molecule is Cc1nc(-c2ccc(C(F)(F)F)cc2)sc1C(=O)OC(C)C(=O)NC(=O)NC(C)C. The van der Waals surface area contributed by atoms with Gasteiger partial charge in [-0.05, 0) is 39.8 Å². The number of imide groups is 1. The van der Waals surface area contributed by atoms with Gasteiger partial charge in [0, 0.05) is 11.6 Å². The van der Waals surface area contributed by atoms with Gasteiger partial charge in [0.2, 0.25) is 0 Å². The van der Waals surface area contributed by atoms with E-state index < -0.39 is 35.8 Å². The molecule has 0 saturated heterocycles. The molecule has 1 aromatic carbocycles. The number of halogens is 3. The van der Waals surface area contributed by atoms with Gasteiger partial charge in [-0.15, -0.1) is 11.3 Å². The Labute approximate surface area is 174 Å². The Morgan fingerprint density at radius 1 is 1.10 bits per heavy atom. The second-order valence-electron chi connectivity index (χ2n) is 6.67. The van der Waals surface area contributed by atoms with Crippen LogP contribution in [-0.4, -0.2) is 35.0 Å². The molecule has 0 aliphatic carbocycles. The summed E-state index contributed by atoms with van der Waals surface area (Å²) in [4.78, 5) is 40.2. The van der Waals surface area contributed by atoms with Gasteiger partial charge in [0.25, 0.3) is 5.91 Å². The Hall–Kier alpha value is -2.95. The number of urea groups is 1. The summed E-state index contributed by atoms with van der Waals surface area (Å²) in [5.74, 6) is -1.62. The molecule has 0 bridgehead atoms. The summed E-state index contributed by atoms with van der Waals surface area (Å²) >= 11 is 0.932. The van der Waals surface area contributed by atoms with Crippen molar-refractivity contribution >= 4 is 29.2 Å². The molecule has 1 heterocycles. The highest BCUT2D eigenvalue weighted by Crippen LogP contribution is 2.33. The maximum atomic E-state index is 12.7. The third kappa shape index (κ3) is 6.02. The van der Waals surface area contributed by atoms with Gasteiger partial charge in [0.15, 0.2) is 6.10 Å². The van der Waals surface area contributed by atoms with E-state index in [4.69, 9.17) is 4.74 Å². The Kier molecular flexibility index (Phi) is 7.19. The fourth-order valence-electron chi connectivity index (χ4n) is 2.29. The van der Waals surface area contributed by atoms with Crippen LogP contribution in [0.2, 0.25) is 0 Å². The van der Waals surface area contributed by atoms with E-state index in [2.05, 4.69) is 15.6 Å². The van der Waals surface area contributed by atoms with Crippen molar-refractivity contribution in [3.8, 4) is 10.6 Å². The zero-order chi connectivity index (χ0) is 22.6. The Bertz CT molecular complexity index is 939. The van der Waals surface area contributed by atoms with Gasteiger partial charge in [0.05, 0.1) is 11.3 Å². The third-order valence-electron chi connectivity index (χ3n) is 3.75. The molecule has 0 aliphatic heterocycles. The van der Waals surface area contributed by atoms with E-state index in [1.54, 1.807) is 20.8 Å². The first kappa shape index (κ1) is 23.3. The van der Waals surface area contributed by atoms with Gasteiger partial charge >= 0.3 is 18.2 Å². The van der Waals surface area contributed by atoms with Crippen LogP contribution in [0.1, 0.15) is 41.7 Å². The lowest BCUT2D eigenvalue weighted by molar-refractivity contribution is -0.137. The van der Waals surface area contributed by atoms with Crippen LogP contribution in [0, 0.1) is 6.92 Å². The molecule has 11 heteroatoms. The maximum absolute atomic E-state index is 12.7. The summed E-state index contributed by atoms with van der Waals surface area (Å²) in [6.07, 6.45) is -5.69. The van der Waals surface area contributed by atoms with Crippen LogP contribution in [0.5, 0.6) is 0 Å². The fourth-order valence-corrected chi connectivity index (χ4v) is 3.25. The quantitative estimate of drug-likeness (QED) is 0.683. The summed E-state index contributed by atoms with van der Waals surface area (Å²) in [5.41, 5.74) is -0.0724. The summed E-state index contributed by atoms with van der Waals surface area (Å²) in [7, 11) is 0. The Morgan fingerprint density at radius 3 is 2.23 bits per heavy atom. The smallest absolute Gasteiger partial charge is 0.416 e. The summed E-state index contributed by atoms with van der Waals surface area (Å²) in [6.45, 7) is 6.28. The number of aryl methyl sites for hydroxylation is 1. The third-order valence-corrected chi connectivity index (χ3v) is 4.94. The highest BCUT2D eigenvalue weighted by molar-refractivity contribution is 7.17. The minimum absolute atomic E-state index is 0.108. The summed E-state index contributed by atoms with van der Waals surface area (Å²) in [5, 5.41) is 4.86. The maximum Gasteiger partial charge on any atom is 0.416 e. The number of hydrogen-bond acceptors (Lipinski definition) is 6. The van der Waals surface area contributed by atoms with Crippen LogP contribution in [-0.2, 0) is 15.7 Å².